The second kappa shape index (κ2) is 16.3. The number of carbonyl (C=O) groups is 1. The zero-order chi connectivity index (χ0) is 36.5. The third kappa shape index (κ3) is 10.6. The predicted octanol–water partition coefficient (Wildman–Crippen LogP) is 5.82. The van der Waals surface area contributed by atoms with Gasteiger partial charge in [0.05, 0.1) is 23.8 Å². The molecule has 4 heterocycles. The molecule has 0 radical (unpaired) electrons. The molecule has 2 aromatic carbocycles. The normalized spacial score (nSPS) is 11.0. The van der Waals surface area contributed by atoms with Gasteiger partial charge in [0.25, 0.3) is 0 Å². The molecular weight excluding hydrogens is 695 g/mol. The summed E-state index contributed by atoms with van der Waals surface area (Å²) in [4.78, 5) is 37.2. The molecule has 6 aromatic rings. The fourth-order valence-electron chi connectivity index (χ4n) is 4.38. The number of carbonyl (C=O) groups excluding carboxylic acids is 1. The van der Waals surface area contributed by atoms with E-state index in [1.807, 2.05) is 50.8 Å². The summed E-state index contributed by atoms with van der Waals surface area (Å²) in [6.07, 6.45) is 9.38. The van der Waals surface area contributed by atoms with E-state index in [9.17, 15) is 4.79 Å². The lowest BCUT2D eigenvalue weighted by atomic mass is 10.1. The van der Waals surface area contributed by atoms with Crippen LogP contribution < -0.4 is 21.7 Å². The number of anilines is 4. The molecule has 264 valence electrons. The van der Waals surface area contributed by atoms with Crippen molar-refractivity contribution in [1.82, 2.24) is 54.8 Å². The van der Waals surface area contributed by atoms with Gasteiger partial charge in [0.15, 0.2) is 11.6 Å². The second-order valence-electron chi connectivity index (χ2n) is 12.0. The number of aromatic nitrogens is 10. The average molecular weight is 732 g/mol. The molecule has 0 aliphatic carbocycles. The van der Waals surface area contributed by atoms with E-state index in [4.69, 9.17) is 33.7 Å². The smallest absolute Gasteiger partial charge is 0.407 e. The Balaban J connectivity index is 0.000000205. The molecule has 0 unspecified atom stereocenters. The van der Waals surface area contributed by atoms with Crippen LogP contribution in [-0.4, -0.2) is 61.2 Å². The van der Waals surface area contributed by atoms with Crippen LogP contribution in [0.4, 0.5) is 28.1 Å². The lowest BCUT2D eigenvalue weighted by Crippen LogP contribution is -2.32. The first-order chi connectivity index (χ1) is 24.3. The van der Waals surface area contributed by atoms with Gasteiger partial charge in [-0.05, 0) is 44.0 Å². The lowest BCUT2D eigenvalue weighted by molar-refractivity contribution is 0.0523. The predicted molar refractivity (Wildman–Crippen MR) is 194 cm³/mol. The van der Waals surface area contributed by atoms with Crippen molar-refractivity contribution in [3.8, 4) is 22.8 Å². The Kier molecular flexibility index (Phi) is 11.7. The highest BCUT2D eigenvalue weighted by Crippen LogP contribution is 2.25. The largest absolute Gasteiger partial charge is 0.444 e. The van der Waals surface area contributed by atoms with Gasteiger partial charge >= 0.3 is 6.09 Å². The first-order valence-electron chi connectivity index (χ1n) is 15.5. The Labute approximate surface area is 303 Å². The maximum atomic E-state index is 11.8. The minimum absolute atomic E-state index is 0.249. The summed E-state index contributed by atoms with van der Waals surface area (Å²) in [5, 5.41) is 18.1. The zero-order valence-electron chi connectivity index (χ0n) is 28.5. The third-order valence-corrected chi connectivity index (χ3v) is 7.43. The molecule has 0 fully saturated rings. The highest BCUT2D eigenvalue weighted by molar-refractivity contribution is 6.32. The van der Waals surface area contributed by atoms with Crippen LogP contribution in [0.1, 0.15) is 31.9 Å². The van der Waals surface area contributed by atoms with Crippen molar-refractivity contribution >= 4 is 52.6 Å². The standard InChI is InChI=1S/C19H22ClN7O2.C14H14ClN7/c1-19(2,3)29-18(28)21-8-13-6-5-12(7-15(13)20)16-22-11-23-17(26-16)25-14-9-24-27(4)10-14;1-22-7-11(6-19-22)20-14-18-8-17-13(21-14)9-2-3-10(5-16)12(15)4-9/h5-7,9-11H,8H2,1-4H3,(H,21,28)(H,22,23,25,26);2-4,6-8H,5,16H2,1H3,(H,17,18,20,21). The monoisotopic (exact) mass is 730 g/mol. The van der Waals surface area contributed by atoms with E-state index < -0.39 is 11.7 Å². The fourth-order valence-corrected chi connectivity index (χ4v) is 4.89. The van der Waals surface area contributed by atoms with E-state index in [2.05, 4.69) is 56.1 Å². The van der Waals surface area contributed by atoms with Gasteiger partial charge in [0.1, 0.15) is 18.3 Å². The van der Waals surface area contributed by atoms with Crippen LogP contribution in [0.3, 0.4) is 0 Å². The van der Waals surface area contributed by atoms with Gasteiger partial charge in [-0.25, -0.2) is 24.7 Å². The highest BCUT2D eigenvalue weighted by Gasteiger charge is 2.16. The third-order valence-electron chi connectivity index (χ3n) is 6.73. The maximum absolute atomic E-state index is 11.8. The summed E-state index contributed by atoms with van der Waals surface area (Å²) >= 11 is 12.6. The first-order valence-corrected chi connectivity index (χ1v) is 16.2. The van der Waals surface area contributed by atoms with Crippen molar-refractivity contribution in [1.29, 1.82) is 0 Å². The van der Waals surface area contributed by atoms with Gasteiger partial charge < -0.3 is 26.4 Å². The number of nitrogens with zero attached hydrogens (tertiary/aromatic N) is 10. The molecule has 0 saturated carbocycles. The molecule has 1 amide bonds. The van der Waals surface area contributed by atoms with Crippen LogP contribution >= 0.6 is 23.2 Å². The Morgan fingerprint density at radius 3 is 1.69 bits per heavy atom. The number of nitrogens with two attached hydrogens (primary N) is 1. The van der Waals surface area contributed by atoms with Gasteiger partial charge in [0.2, 0.25) is 11.9 Å². The number of hydrogen-bond acceptors (Lipinski definition) is 13. The van der Waals surface area contributed by atoms with Crippen molar-refractivity contribution in [3.63, 3.8) is 0 Å². The summed E-state index contributed by atoms with van der Waals surface area (Å²) in [5.74, 6) is 1.85. The van der Waals surface area contributed by atoms with Crippen LogP contribution in [0.2, 0.25) is 10.0 Å². The highest BCUT2D eigenvalue weighted by atomic mass is 35.5. The van der Waals surface area contributed by atoms with Gasteiger partial charge in [-0.15, -0.1) is 0 Å². The zero-order valence-corrected chi connectivity index (χ0v) is 30.0. The summed E-state index contributed by atoms with van der Waals surface area (Å²) in [5.41, 5.74) is 9.79. The van der Waals surface area contributed by atoms with Crippen LogP contribution in [-0.2, 0) is 31.9 Å². The molecule has 18 heteroatoms. The lowest BCUT2D eigenvalue weighted by Gasteiger charge is -2.19. The van der Waals surface area contributed by atoms with Crippen molar-refractivity contribution < 1.29 is 9.53 Å². The average Bonchev–Trinajstić information content (AvgIpc) is 3.70. The van der Waals surface area contributed by atoms with E-state index in [0.29, 0.717) is 40.1 Å². The van der Waals surface area contributed by atoms with Crippen molar-refractivity contribution in [3.05, 3.63) is 95.0 Å². The van der Waals surface area contributed by atoms with E-state index in [1.165, 1.54) is 12.7 Å². The SMILES string of the molecule is Cn1cc(Nc2ncnc(-c3ccc(CN)c(Cl)c3)n2)cn1.Cn1cc(Nc2ncnc(-c3ccc(CNC(=O)OC(C)(C)C)c(Cl)c3)n2)cn1. The van der Waals surface area contributed by atoms with E-state index in [-0.39, 0.29) is 6.54 Å². The van der Waals surface area contributed by atoms with Gasteiger partial charge in [-0.3, -0.25) is 9.36 Å². The Hall–Kier alpha value is -5.71. The van der Waals surface area contributed by atoms with Gasteiger partial charge in [0, 0.05) is 60.8 Å². The molecule has 0 bridgehead atoms. The number of rotatable bonds is 9. The number of halogens is 2. The summed E-state index contributed by atoms with van der Waals surface area (Å²) in [6, 6.07) is 10.9. The quantitative estimate of drug-likeness (QED) is 0.139. The second-order valence-corrected chi connectivity index (χ2v) is 12.8. The van der Waals surface area contributed by atoms with Crippen LogP contribution in [0, 0.1) is 0 Å². The van der Waals surface area contributed by atoms with E-state index in [0.717, 1.165) is 33.6 Å². The summed E-state index contributed by atoms with van der Waals surface area (Å²) < 4.78 is 8.59. The van der Waals surface area contributed by atoms with Crippen LogP contribution in [0.15, 0.2) is 73.8 Å². The molecule has 0 spiro atoms. The number of amides is 1. The molecule has 5 N–H and O–H groups in total. The molecule has 4 aromatic heterocycles. The molecule has 0 aliphatic heterocycles. The maximum Gasteiger partial charge on any atom is 0.407 e. The van der Waals surface area contributed by atoms with Crippen LogP contribution in [0.25, 0.3) is 22.8 Å². The minimum atomic E-state index is -0.558. The molecule has 0 atom stereocenters. The Morgan fingerprint density at radius 2 is 1.27 bits per heavy atom. The summed E-state index contributed by atoms with van der Waals surface area (Å²) in [6.45, 7) is 6.06. The fraction of sp³-hybridized carbons (Fsp3) is 0.242. The summed E-state index contributed by atoms with van der Waals surface area (Å²) in [7, 11) is 3.66. The molecule has 0 saturated heterocycles. The number of ether oxygens (including phenoxy) is 1. The number of hydrogen-bond donors (Lipinski definition) is 4. The molecule has 6 rings (SSSR count). The number of aryl methyl sites for hydroxylation is 2. The van der Waals surface area contributed by atoms with E-state index in [1.54, 1.807) is 54.7 Å². The first kappa shape index (κ1) is 36.6. The van der Waals surface area contributed by atoms with Crippen LogP contribution in [0.5, 0.6) is 0 Å². The van der Waals surface area contributed by atoms with Crippen molar-refractivity contribution in [2.75, 3.05) is 10.6 Å². The van der Waals surface area contributed by atoms with E-state index >= 15 is 0 Å². The number of benzene rings is 2. The molecular formula is C33H36Cl2N14O2. The number of nitrogens with one attached hydrogen (secondary N) is 3. The van der Waals surface area contributed by atoms with Gasteiger partial charge in [-0.1, -0.05) is 47.5 Å². The number of alkyl carbamates (subject to hydrolysis) is 1. The van der Waals surface area contributed by atoms with Gasteiger partial charge in [-0.2, -0.15) is 20.2 Å². The minimum Gasteiger partial charge on any atom is -0.444 e. The van der Waals surface area contributed by atoms with Crippen molar-refractivity contribution in [2.24, 2.45) is 19.8 Å². The molecule has 51 heavy (non-hydrogen) atoms. The Morgan fingerprint density at radius 1 is 0.784 bits per heavy atom. The molecule has 16 nitrogen and oxygen atoms in total. The topological polar surface area (TPSA) is 201 Å². The van der Waals surface area contributed by atoms with Crippen molar-refractivity contribution in [2.45, 2.75) is 39.5 Å². The Bertz CT molecular complexity index is 2110. The molecule has 0 aliphatic rings.